The second-order valence-electron chi connectivity index (χ2n) is 3.84. The molecule has 2 N–H and O–H groups in total. The van der Waals surface area contributed by atoms with Crippen molar-refractivity contribution in [3.63, 3.8) is 0 Å². The molecule has 0 amide bonds. The summed E-state index contributed by atoms with van der Waals surface area (Å²) in [7, 11) is 0. The van der Waals surface area contributed by atoms with Crippen molar-refractivity contribution in [2.75, 3.05) is 6.61 Å². The summed E-state index contributed by atoms with van der Waals surface area (Å²) < 4.78 is 0. The van der Waals surface area contributed by atoms with Gasteiger partial charge in [0, 0.05) is 24.2 Å². The molecule has 1 aromatic rings. The molecule has 0 aliphatic heterocycles. The molecule has 0 saturated carbocycles. The fraction of sp³-hybridized carbons (Fsp3) is 0.455. The predicted molar refractivity (Wildman–Crippen MR) is 61.2 cm³/mol. The van der Waals surface area contributed by atoms with E-state index in [-0.39, 0.29) is 23.3 Å². The van der Waals surface area contributed by atoms with Crippen molar-refractivity contribution < 1.29 is 10.0 Å². The third-order valence-corrected chi connectivity index (χ3v) is 2.40. The van der Waals surface area contributed by atoms with Crippen LogP contribution in [0, 0.1) is 17.0 Å². The Morgan fingerprint density at radius 2 is 2.25 bits per heavy atom. The summed E-state index contributed by atoms with van der Waals surface area (Å²) in [5.41, 5.74) is 1.64. The highest BCUT2D eigenvalue weighted by Crippen LogP contribution is 2.19. The average Bonchev–Trinajstić information content (AvgIpc) is 2.27. The topological polar surface area (TPSA) is 75.4 Å². The van der Waals surface area contributed by atoms with E-state index in [1.807, 2.05) is 13.0 Å². The molecule has 0 radical (unpaired) electrons. The van der Waals surface area contributed by atoms with Crippen molar-refractivity contribution in [1.29, 1.82) is 0 Å². The van der Waals surface area contributed by atoms with Gasteiger partial charge in [-0.1, -0.05) is 12.1 Å². The molecule has 0 bridgehead atoms. The standard InChI is InChI=1S/C11H16N2O3/c1-8-3-4-10(5-11(8)13(15)16)6-12-9(2)7-14/h3-5,9,12,14H,6-7H2,1-2H3/t9-/m0/s1. The number of aliphatic hydroxyl groups excluding tert-OH is 1. The van der Waals surface area contributed by atoms with Crippen molar-refractivity contribution in [1.82, 2.24) is 5.32 Å². The Morgan fingerprint density at radius 3 is 2.81 bits per heavy atom. The molecule has 5 heteroatoms. The molecule has 0 saturated heterocycles. The van der Waals surface area contributed by atoms with E-state index < -0.39 is 0 Å². The van der Waals surface area contributed by atoms with Gasteiger partial charge in [-0.2, -0.15) is 0 Å². The molecule has 16 heavy (non-hydrogen) atoms. The lowest BCUT2D eigenvalue weighted by molar-refractivity contribution is -0.385. The van der Waals surface area contributed by atoms with E-state index in [0.29, 0.717) is 12.1 Å². The first kappa shape index (κ1) is 12.6. The number of nitrogens with zero attached hydrogens (tertiary/aromatic N) is 1. The normalized spacial score (nSPS) is 12.4. The van der Waals surface area contributed by atoms with Crippen molar-refractivity contribution in [2.45, 2.75) is 26.4 Å². The lowest BCUT2D eigenvalue weighted by Crippen LogP contribution is -2.28. The number of nitro benzene ring substituents is 1. The van der Waals surface area contributed by atoms with Crippen LogP contribution >= 0.6 is 0 Å². The van der Waals surface area contributed by atoms with Crippen LogP contribution in [-0.4, -0.2) is 22.7 Å². The molecular weight excluding hydrogens is 208 g/mol. The fourth-order valence-electron chi connectivity index (χ4n) is 1.32. The lowest BCUT2D eigenvalue weighted by Gasteiger charge is -2.10. The van der Waals surface area contributed by atoms with Gasteiger partial charge in [0.1, 0.15) is 0 Å². The number of benzene rings is 1. The van der Waals surface area contributed by atoms with Gasteiger partial charge in [-0.15, -0.1) is 0 Å². The highest BCUT2D eigenvalue weighted by atomic mass is 16.6. The van der Waals surface area contributed by atoms with Crippen molar-refractivity contribution >= 4 is 5.69 Å². The lowest BCUT2D eigenvalue weighted by atomic mass is 10.1. The fourth-order valence-corrected chi connectivity index (χ4v) is 1.32. The van der Waals surface area contributed by atoms with Gasteiger partial charge in [-0.25, -0.2) is 0 Å². The van der Waals surface area contributed by atoms with Crippen LogP contribution in [0.25, 0.3) is 0 Å². The Kier molecular flexibility index (Phi) is 4.39. The molecule has 0 fully saturated rings. The van der Waals surface area contributed by atoms with Crippen molar-refractivity contribution in [3.05, 3.63) is 39.4 Å². The van der Waals surface area contributed by atoms with Crippen LogP contribution in [0.2, 0.25) is 0 Å². The van der Waals surface area contributed by atoms with Crippen LogP contribution in [0.1, 0.15) is 18.1 Å². The Bertz CT molecular complexity index is 379. The van der Waals surface area contributed by atoms with E-state index in [9.17, 15) is 10.1 Å². The van der Waals surface area contributed by atoms with E-state index in [1.165, 1.54) is 0 Å². The molecule has 0 unspecified atom stereocenters. The molecule has 1 atom stereocenters. The first-order valence-corrected chi connectivity index (χ1v) is 5.12. The maximum atomic E-state index is 10.7. The van der Waals surface area contributed by atoms with Crippen molar-refractivity contribution in [3.8, 4) is 0 Å². The molecule has 0 spiro atoms. The summed E-state index contributed by atoms with van der Waals surface area (Å²) in [5.74, 6) is 0. The largest absolute Gasteiger partial charge is 0.395 e. The van der Waals surface area contributed by atoms with Gasteiger partial charge in [0.25, 0.3) is 5.69 Å². The van der Waals surface area contributed by atoms with Gasteiger partial charge in [0.15, 0.2) is 0 Å². The molecule has 0 aliphatic carbocycles. The van der Waals surface area contributed by atoms with Gasteiger partial charge in [-0.05, 0) is 19.4 Å². The number of hydrogen-bond acceptors (Lipinski definition) is 4. The highest BCUT2D eigenvalue weighted by Gasteiger charge is 2.10. The van der Waals surface area contributed by atoms with E-state index >= 15 is 0 Å². The number of nitrogens with one attached hydrogen (secondary N) is 1. The summed E-state index contributed by atoms with van der Waals surface area (Å²) >= 11 is 0. The SMILES string of the molecule is Cc1ccc(CN[C@@H](C)CO)cc1[N+](=O)[O-]. The molecule has 0 heterocycles. The minimum Gasteiger partial charge on any atom is -0.395 e. The second-order valence-corrected chi connectivity index (χ2v) is 3.84. The zero-order valence-corrected chi connectivity index (χ0v) is 9.43. The monoisotopic (exact) mass is 224 g/mol. The molecule has 0 aliphatic rings. The van der Waals surface area contributed by atoms with Gasteiger partial charge in [0.2, 0.25) is 0 Å². The predicted octanol–water partition coefficient (Wildman–Crippen LogP) is 1.37. The maximum absolute atomic E-state index is 10.7. The summed E-state index contributed by atoms with van der Waals surface area (Å²) in [6.45, 7) is 4.13. The summed E-state index contributed by atoms with van der Waals surface area (Å²) in [5, 5.41) is 22.6. The van der Waals surface area contributed by atoms with Crippen LogP contribution in [0.5, 0.6) is 0 Å². The molecular formula is C11H16N2O3. The Labute approximate surface area is 94.3 Å². The highest BCUT2D eigenvalue weighted by molar-refractivity contribution is 5.42. The molecule has 88 valence electrons. The van der Waals surface area contributed by atoms with Gasteiger partial charge < -0.3 is 10.4 Å². The summed E-state index contributed by atoms with van der Waals surface area (Å²) in [4.78, 5) is 10.3. The number of hydrogen-bond donors (Lipinski definition) is 2. The zero-order valence-electron chi connectivity index (χ0n) is 9.43. The van der Waals surface area contributed by atoms with Crippen LogP contribution < -0.4 is 5.32 Å². The maximum Gasteiger partial charge on any atom is 0.272 e. The van der Waals surface area contributed by atoms with Gasteiger partial charge in [-0.3, -0.25) is 10.1 Å². The third kappa shape index (κ3) is 3.29. The van der Waals surface area contributed by atoms with Gasteiger partial charge in [0.05, 0.1) is 11.5 Å². The van der Waals surface area contributed by atoms with Crippen LogP contribution in [0.3, 0.4) is 0 Å². The minimum atomic E-state index is -0.381. The minimum absolute atomic E-state index is 0.0136. The third-order valence-electron chi connectivity index (χ3n) is 2.40. The van der Waals surface area contributed by atoms with E-state index in [0.717, 1.165) is 5.56 Å². The second kappa shape index (κ2) is 5.58. The number of nitro groups is 1. The molecule has 1 aromatic carbocycles. The van der Waals surface area contributed by atoms with Crippen LogP contribution in [-0.2, 0) is 6.54 Å². The average molecular weight is 224 g/mol. The zero-order chi connectivity index (χ0) is 12.1. The Hall–Kier alpha value is -1.46. The smallest absolute Gasteiger partial charge is 0.272 e. The number of aliphatic hydroxyl groups is 1. The first-order valence-electron chi connectivity index (χ1n) is 5.12. The summed E-state index contributed by atoms with van der Waals surface area (Å²) in [6, 6.07) is 5.13. The molecule has 1 rings (SSSR count). The number of aryl methyl sites for hydroxylation is 1. The molecule has 0 aromatic heterocycles. The van der Waals surface area contributed by atoms with E-state index in [4.69, 9.17) is 5.11 Å². The number of rotatable bonds is 5. The van der Waals surface area contributed by atoms with Gasteiger partial charge >= 0.3 is 0 Å². The quantitative estimate of drug-likeness (QED) is 0.585. The van der Waals surface area contributed by atoms with E-state index in [2.05, 4.69) is 5.32 Å². The van der Waals surface area contributed by atoms with E-state index in [1.54, 1.807) is 19.1 Å². The first-order chi connectivity index (χ1) is 7.54. The Morgan fingerprint density at radius 1 is 1.56 bits per heavy atom. The Balaban J connectivity index is 2.75. The van der Waals surface area contributed by atoms with Crippen LogP contribution in [0.15, 0.2) is 18.2 Å². The molecule has 5 nitrogen and oxygen atoms in total. The van der Waals surface area contributed by atoms with Crippen molar-refractivity contribution in [2.24, 2.45) is 0 Å². The summed E-state index contributed by atoms with van der Waals surface area (Å²) in [6.07, 6.45) is 0. The van der Waals surface area contributed by atoms with Crippen LogP contribution in [0.4, 0.5) is 5.69 Å².